The molecular weight excluding hydrogens is 214 g/mol. The van der Waals surface area contributed by atoms with Gasteiger partial charge < -0.3 is 9.94 Å². The monoisotopic (exact) mass is 235 g/mol. The molecule has 94 valence electrons. The summed E-state index contributed by atoms with van der Waals surface area (Å²) >= 11 is 0. The van der Waals surface area contributed by atoms with Gasteiger partial charge in [-0.3, -0.25) is 0 Å². The third-order valence-corrected chi connectivity index (χ3v) is 3.37. The lowest BCUT2D eigenvalue weighted by atomic mass is 9.88. The molecule has 0 saturated carbocycles. The van der Waals surface area contributed by atoms with Crippen molar-refractivity contribution < 1.29 is 9.94 Å². The first-order valence-electron chi connectivity index (χ1n) is 6.05. The van der Waals surface area contributed by atoms with Gasteiger partial charge in [-0.05, 0) is 39.7 Å². The molecule has 1 N–H and O–H groups in total. The zero-order valence-electron chi connectivity index (χ0n) is 11.0. The lowest BCUT2D eigenvalue weighted by Gasteiger charge is -2.51. The molecule has 0 aliphatic carbocycles. The lowest BCUT2D eigenvalue weighted by Crippen LogP contribution is -2.59. The first kappa shape index (κ1) is 12.6. The van der Waals surface area contributed by atoms with Crippen LogP contribution >= 0.6 is 0 Å². The van der Waals surface area contributed by atoms with E-state index in [0.717, 1.165) is 6.42 Å². The Hall–Kier alpha value is -0.900. The maximum atomic E-state index is 10.1. The van der Waals surface area contributed by atoms with E-state index in [2.05, 4.69) is 12.1 Å². The van der Waals surface area contributed by atoms with Crippen LogP contribution in [0.5, 0.6) is 0 Å². The Kier molecular flexibility index (Phi) is 3.02. The van der Waals surface area contributed by atoms with E-state index in [1.165, 1.54) is 10.6 Å². The predicted octanol–water partition coefficient (Wildman–Crippen LogP) is 3.35. The summed E-state index contributed by atoms with van der Waals surface area (Å²) < 4.78 is 5.98. The molecule has 3 heteroatoms. The Bertz CT molecular complexity index is 368. The van der Waals surface area contributed by atoms with Gasteiger partial charge in [0.15, 0.2) is 0 Å². The highest BCUT2D eigenvalue weighted by Crippen LogP contribution is 2.41. The normalized spacial score (nSPS) is 27.9. The predicted molar refractivity (Wildman–Crippen MR) is 66.7 cm³/mol. The van der Waals surface area contributed by atoms with Crippen LogP contribution in [-0.2, 0) is 4.74 Å². The molecule has 0 unspecified atom stereocenters. The van der Waals surface area contributed by atoms with Crippen LogP contribution < -0.4 is 0 Å². The van der Waals surface area contributed by atoms with E-state index >= 15 is 0 Å². The van der Waals surface area contributed by atoms with E-state index in [-0.39, 0.29) is 11.6 Å². The first-order chi connectivity index (χ1) is 7.83. The van der Waals surface area contributed by atoms with Crippen LogP contribution in [0.4, 0.5) is 0 Å². The minimum absolute atomic E-state index is 0.0320. The van der Waals surface area contributed by atoms with Crippen molar-refractivity contribution in [3.63, 3.8) is 0 Å². The summed E-state index contributed by atoms with van der Waals surface area (Å²) in [5.41, 5.74) is 0.214. The Morgan fingerprint density at radius 1 is 1.18 bits per heavy atom. The number of benzene rings is 1. The van der Waals surface area contributed by atoms with Crippen molar-refractivity contribution in [2.24, 2.45) is 0 Å². The summed E-state index contributed by atoms with van der Waals surface area (Å²) in [5, 5.41) is 11.5. The number of hydroxylamine groups is 2. The Morgan fingerprint density at radius 3 is 2.29 bits per heavy atom. The van der Waals surface area contributed by atoms with Crippen molar-refractivity contribution in [3.8, 4) is 0 Å². The summed E-state index contributed by atoms with van der Waals surface area (Å²) in [6.07, 6.45) is 0.807. The average Bonchev–Trinajstić information content (AvgIpc) is 2.26. The zero-order chi connectivity index (χ0) is 12.7. The molecule has 0 bridgehead atoms. The average molecular weight is 235 g/mol. The molecule has 1 aromatic rings. The van der Waals surface area contributed by atoms with E-state index in [1.807, 2.05) is 45.9 Å². The molecular formula is C14H21NO2. The summed E-state index contributed by atoms with van der Waals surface area (Å²) in [6, 6.07) is 10.2. The first-order valence-corrected chi connectivity index (χ1v) is 6.05. The molecule has 2 rings (SSSR count). The third-order valence-electron chi connectivity index (χ3n) is 3.37. The number of rotatable bonds is 1. The summed E-state index contributed by atoms with van der Waals surface area (Å²) in [4.78, 5) is 0. The lowest BCUT2D eigenvalue weighted by molar-refractivity contribution is -0.355. The molecule has 17 heavy (non-hydrogen) atoms. The van der Waals surface area contributed by atoms with Gasteiger partial charge >= 0.3 is 0 Å². The number of hydrogen-bond acceptors (Lipinski definition) is 3. The van der Waals surface area contributed by atoms with E-state index in [0.29, 0.717) is 0 Å². The second kappa shape index (κ2) is 4.09. The summed E-state index contributed by atoms with van der Waals surface area (Å²) in [7, 11) is 0. The van der Waals surface area contributed by atoms with E-state index < -0.39 is 5.72 Å². The van der Waals surface area contributed by atoms with Crippen molar-refractivity contribution in [1.29, 1.82) is 0 Å². The minimum atomic E-state index is -0.664. The maximum absolute atomic E-state index is 10.1. The van der Waals surface area contributed by atoms with Crippen LogP contribution in [0.1, 0.15) is 45.8 Å². The van der Waals surface area contributed by atoms with Crippen molar-refractivity contribution >= 4 is 0 Å². The molecule has 0 aromatic heterocycles. The van der Waals surface area contributed by atoms with Gasteiger partial charge in [-0.15, -0.1) is 0 Å². The highest BCUT2D eigenvalue weighted by atomic mass is 16.6. The third kappa shape index (κ3) is 2.37. The molecule has 1 atom stereocenters. The highest BCUT2D eigenvalue weighted by Gasteiger charge is 2.46. The molecule has 1 aromatic carbocycles. The number of nitrogens with zero attached hydrogens (tertiary/aromatic N) is 1. The molecule has 1 aliphatic rings. The number of ether oxygens (including phenoxy) is 1. The second-order valence-electron chi connectivity index (χ2n) is 5.79. The Morgan fingerprint density at radius 2 is 1.76 bits per heavy atom. The highest BCUT2D eigenvalue weighted by molar-refractivity contribution is 5.19. The number of hydrogen-bond donors (Lipinski definition) is 1. The molecule has 1 saturated heterocycles. The Balaban J connectivity index is 2.28. The molecule has 0 spiro atoms. The van der Waals surface area contributed by atoms with Crippen molar-refractivity contribution in [3.05, 3.63) is 35.9 Å². The van der Waals surface area contributed by atoms with Crippen LogP contribution in [0.3, 0.4) is 0 Å². The zero-order valence-corrected chi connectivity index (χ0v) is 11.0. The molecule has 1 fully saturated rings. The van der Waals surface area contributed by atoms with E-state index in [4.69, 9.17) is 4.74 Å². The maximum Gasteiger partial charge on any atom is 0.139 e. The standard InChI is InChI=1S/C14H21NO2/c1-13(2)10-12(11-8-6-5-7-9-11)17-14(3,4)15(13)16/h5-9,12,16H,10H2,1-4H3/t12-/m0/s1. The molecule has 1 heterocycles. The van der Waals surface area contributed by atoms with E-state index in [1.54, 1.807) is 0 Å². The van der Waals surface area contributed by atoms with Crippen LogP contribution in [0.15, 0.2) is 30.3 Å². The topological polar surface area (TPSA) is 32.7 Å². The van der Waals surface area contributed by atoms with Crippen molar-refractivity contribution in [2.45, 2.75) is 51.5 Å². The van der Waals surface area contributed by atoms with Crippen LogP contribution in [-0.4, -0.2) is 21.5 Å². The van der Waals surface area contributed by atoms with Crippen LogP contribution in [0.2, 0.25) is 0 Å². The van der Waals surface area contributed by atoms with Crippen molar-refractivity contribution in [1.82, 2.24) is 5.06 Å². The molecule has 0 amide bonds. The Labute approximate surface area is 103 Å². The summed E-state index contributed by atoms with van der Waals surface area (Å²) in [5.74, 6) is 0. The fraction of sp³-hybridized carbons (Fsp3) is 0.571. The largest absolute Gasteiger partial charge is 0.351 e. The molecule has 0 radical (unpaired) electrons. The fourth-order valence-electron chi connectivity index (χ4n) is 2.56. The van der Waals surface area contributed by atoms with Gasteiger partial charge in [0.05, 0.1) is 6.10 Å². The minimum Gasteiger partial charge on any atom is -0.351 e. The fourth-order valence-corrected chi connectivity index (χ4v) is 2.56. The van der Waals surface area contributed by atoms with Crippen LogP contribution in [0.25, 0.3) is 0 Å². The van der Waals surface area contributed by atoms with Gasteiger partial charge in [-0.1, -0.05) is 30.3 Å². The van der Waals surface area contributed by atoms with Gasteiger partial charge in [0.1, 0.15) is 5.72 Å². The van der Waals surface area contributed by atoms with Crippen molar-refractivity contribution in [2.75, 3.05) is 0 Å². The van der Waals surface area contributed by atoms with Gasteiger partial charge in [-0.25, -0.2) is 0 Å². The van der Waals surface area contributed by atoms with Gasteiger partial charge in [0.2, 0.25) is 0 Å². The second-order valence-corrected chi connectivity index (χ2v) is 5.79. The van der Waals surface area contributed by atoms with Gasteiger partial charge in [0, 0.05) is 5.54 Å². The van der Waals surface area contributed by atoms with Gasteiger partial charge in [0.25, 0.3) is 0 Å². The summed E-state index contributed by atoms with van der Waals surface area (Å²) in [6.45, 7) is 7.86. The SMILES string of the molecule is CC1(C)C[C@@H](c2ccccc2)OC(C)(C)N1O. The molecule has 1 aliphatic heterocycles. The quantitative estimate of drug-likeness (QED) is 0.810. The van der Waals surface area contributed by atoms with Crippen LogP contribution in [0, 0.1) is 0 Å². The smallest absolute Gasteiger partial charge is 0.139 e. The molecule has 3 nitrogen and oxygen atoms in total. The van der Waals surface area contributed by atoms with Gasteiger partial charge in [-0.2, -0.15) is 5.06 Å². The van der Waals surface area contributed by atoms with E-state index in [9.17, 15) is 5.21 Å².